The monoisotopic (exact) mass is 463 g/mol. The lowest BCUT2D eigenvalue weighted by Gasteiger charge is -2.12. The first-order valence-corrected chi connectivity index (χ1v) is 11.4. The molecule has 0 unspecified atom stereocenters. The number of amides is 1. The summed E-state index contributed by atoms with van der Waals surface area (Å²) in [5.74, 6) is 1.15. The van der Waals surface area contributed by atoms with Gasteiger partial charge >= 0.3 is 0 Å². The predicted octanol–water partition coefficient (Wildman–Crippen LogP) is 4.90. The third-order valence-electron chi connectivity index (χ3n) is 5.45. The zero-order valence-electron chi connectivity index (χ0n) is 18.9. The van der Waals surface area contributed by atoms with Crippen LogP contribution in [-0.2, 0) is 11.3 Å². The minimum absolute atomic E-state index is 0.168. The number of carbonyl (C=O) groups excluding carboxylic acids is 1. The Kier molecular flexibility index (Phi) is 6.46. The average Bonchev–Trinajstić information content (AvgIpc) is 3.26. The van der Waals surface area contributed by atoms with Crippen molar-refractivity contribution in [3.63, 3.8) is 0 Å². The predicted molar refractivity (Wildman–Crippen MR) is 132 cm³/mol. The van der Waals surface area contributed by atoms with Crippen LogP contribution < -0.4 is 20.3 Å². The van der Waals surface area contributed by atoms with Gasteiger partial charge < -0.3 is 14.8 Å². The van der Waals surface area contributed by atoms with E-state index in [0.717, 1.165) is 11.1 Å². The van der Waals surface area contributed by atoms with Gasteiger partial charge in [-0.3, -0.25) is 14.2 Å². The van der Waals surface area contributed by atoms with Gasteiger partial charge in [-0.1, -0.05) is 38.1 Å². The molecule has 0 saturated carbocycles. The second kappa shape index (κ2) is 9.46. The fourth-order valence-electron chi connectivity index (χ4n) is 3.59. The van der Waals surface area contributed by atoms with Crippen LogP contribution in [0.2, 0.25) is 0 Å². The summed E-state index contributed by atoms with van der Waals surface area (Å²) in [5.41, 5.74) is 3.26. The molecule has 8 heteroatoms. The highest BCUT2D eigenvalue weighted by molar-refractivity contribution is 7.17. The van der Waals surface area contributed by atoms with Crippen LogP contribution in [0, 0.1) is 0 Å². The van der Waals surface area contributed by atoms with Crippen molar-refractivity contribution >= 4 is 33.1 Å². The molecule has 4 rings (SSSR count). The molecule has 2 aromatic heterocycles. The summed E-state index contributed by atoms with van der Waals surface area (Å²) < 4.78 is 11.8. The number of methoxy groups -OCH3 is 2. The molecule has 7 nitrogen and oxygen atoms in total. The molecule has 170 valence electrons. The van der Waals surface area contributed by atoms with E-state index in [9.17, 15) is 9.59 Å². The van der Waals surface area contributed by atoms with Crippen molar-refractivity contribution < 1.29 is 14.3 Å². The first-order valence-electron chi connectivity index (χ1n) is 10.5. The Bertz CT molecular complexity index is 1360. The lowest BCUT2D eigenvalue weighted by Crippen LogP contribution is -2.27. The number of nitrogens with zero attached hydrogens (tertiary/aromatic N) is 2. The third-order valence-corrected chi connectivity index (χ3v) is 6.33. The molecular weight excluding hydrogens is 438 g/mol. The van der Waals surface area contributed by atoms with Gasteiger partial charge in [-0.15, -0.1) is 11.3 Å². The van der Waals surface area contributed by atoms with Gasteiger partial charge in [-0.25, -0.2) is 4.98 Å². The molecule has 4 aromatic rings. The van der Waals surface area contributed by atoms with Crippen molar-refractivity contribution in [3.05, 3.63) is 70.1 Å². The molecule has 1 N–H and O–H groups in total. The van der Waals surface area contributed by atoms with Gasteiger partial charge in [0.15, 0.2) is 0 Å². The Hall–Kier alpha value is -3.65. The number of thiophene rings is 1. The van der Waals surface area contributed by atoms with Crippen LogP contribution in [0.15, 0.2) is 59.0 Å². The fraction of sp³-hybridized carbons (Fsp3) is 0.240. The minimum atomic E-state index is -0.361. The molecule has 0 saturated heterocycles. The number of hydrogen-bond acceptors (Lipinski definition) is 6. The standard InChI is InChI=1S/C25H25N3O4S/c1-15(2)16-5-7-17(8-6-16)19-13-33-24-23(19)25(30)28(14-26-24)12-22(29)27-20-10-9-18(31-3)11-21(20)32-4/h5-11,13-15H,12H2,1-4H3,(H,27,29). The first kappa shape index (κ1) is 22.5. The molecule has 0 aliphatic carbocycles. The minimum Gasteiger partial charge on any atom is -0.497 e. The Morgan fingerprint density at radius 2 is 1.88 bits per heavy atom. The zero-order chi connectivity index (χ0) is 23.5. The maximum atomic E-state index is 13.3. The van der Waals surface area contributed by atoms with Crippen LogP contribution in [-0.4, -0.2) is 29.7 Å². The smallest absolute Gasteiger partial charge is 0.263 e. The Balaban J connectivity index is 1.62. The van der Waals surface area contributed by atoms with Crippen LogP contribution in [0.4, 0.5) is 5.69 Å². The van der Waals surface area contributed by atoms with Crippen molar-refractivity contribution in [2.75, 3.05) is 19.5 Å². The van der Waals surface area contributed by atoms with Crippen LogP contribution in [0.3, 0.4) is 0 Å². The maximum Gasteiger partial charge on any atom is 0.263 e. The van der Waals surface area contributed by atoms with Gasteiger partial charge in [0.05, 0.1) is 31.6 Å². The molecule has 0 spiro atoms. The highest BCUT2D eigenvalue weighted by atomic mass is 32.1. The largest absolute Gasteiger partial charge is 0.497 e. The summed E-state index contributed by atoms with van der Waals surface area (Å²) in [6, 6.07) is 13.3. The molecule has 33 heavy (non-hydrogen) atoms. The number of benzene rings is 2. The Labute approximate surface area is 195 Å². The maximum absolute atomic E-state index is 13.3. The number of rotatable bonds is 7. The second-order valence-electron chi connectivity index (χ2n) is 7.90. The topological polar surface area (TPSA) is 82.5 Å². The molecule has 0 radical (unpaired) electrons. The SMILES string of the molecule is COc1ccc(NC(=O)Cn2cnc3scc(-c4ccc(C(C)C)cc4)c3c2=O)c(OC)c1. The van der Waals surface area contributed by atoms with Gasteiger partial charge in [0.1, 0.15) is 22.9 Å². The Morgan fingerprint density at radius 1 is 1.12 bits per heavy atom. The van der Waals surface area contributed by atoms with Crippen LogP contribution in [0.5, 0.6) is 11.5 Å². The summed E-state index contributed by atoms with van der Waals surface area (Å²) in [7, 11) is 3.07. The molecule has 0 bridgehead atoms. The van der Waals surface area contributed by atoms with E-state index in [-0.39, 0.29) is 18.0 Å². The van der Waals surface area contributed by atoms with Crippen molar-refractivity contribution in [2.45, 2.75) is 26.3 Å². The van der Waals surface area contributed by atoms with Crippen molar-refractivity contribution in [1.29, 1.82) is 0 Å². The number of nitrogens with one attached hydrogen (secondary N) is 1. The summed E-state index contributed by atoms with van der Waals surface area (Å²) in [6.07, 6.45) is 1.41. The third kappa shape index (κ3) is 4.61. The van der Waals surface area contributed by atoms with Gasteiger partial charge in [0.25, 0.3) is 5.56 Å². The lowest BCUT2D eigenvalue weighted by atomic mass is 9.99. The van der Waals surface area contributed by atoms with Crippen LogP contribution >= 0.6 is 11.3 Å². The second-order valence-corrected chi connectivity index (χ2v) is 8.76. The van der Waals surface area contributed by atoms with E-state index >= 15 is 0 Å². The molecule has 0 aliphatic rings. The molecule has 2 aromatic carbocycles. The van der Waals surface area contributed by atoms with E-state index in [1.807, 2.05) is 17.5 Å². The van der Waals surface area contributed by atoms with Crippen LogP contribution in [0.25, 0.3) is 21.3 Å². The van der Waals surface area contributed by atoms with E-state index in [4.69, 9.17) is 9.47 Å². The molecular formula is C25H25N3O4S. The van der Waals surface area contributed by atoms with Crippen LogP contribution in [0.1, 0.15) is 25.3 Å². The number of aromatic nitrogens is 2. The van der Waals surface area contributed by atoms with E-state index < -0.39 is 0 Å². The number of carbonyl (C=O) groups is 1. The number of fused-ring (bicyclic) bond motifs is 1. The summed E-state index contributed by atoms with van der Waals surface area (Å²) >= 11 is 1.42. The highest BCUT2D eigenvalue weighted by Gasteiger charge is 2.16. The summed E-state index contributed by atoms with van der Waals surface area (Å²) in [6.45, 7) is 4.12. The van der Waals surface area contributed by atoms with Gasteiger partial charge in [-0.2, -0.15) is 0 Å². The van der Waals surface area contributed by atoms with E-state index in [2.05, 4.69) is 36.3 Å². The van der Waals surface area contributed by atoms with Gasteiger partial charge in [0.2, 0.25) is 5.91 Å². The van der Waals surface area contributed by atoms with E-state index in [1.165, 1.54) is 34.9 Å². The molecule has 2 heterocycles. The zero-order valence-corrected chi connectivity index (χ0v) is 19.7. The van der Waals surface area contributed by atoms with Crippen molar-refractivity contribution in [1.82, 2.24) is 9.55 Å². The average molecular weight is 464 g/mol. The molecule has 0 atom stereocenters. The highest BCUT2D eigenvalue weighted by Crippen LogP contribution is 2.32. The summed E-state index contributed by atoms with van der Waals surface area (Å²) in [4.78, 5) is 31.0. The lowest BCUT2D eigenvalue weighted by molar-refractivity contribution is -0.116. The molecule has 0 fully saturated rings. The quantitative estimate of drug-likeness (QED) is 0.421. The number of hydrogen-bond donors (Lipinski definition) is 1. The summed E-state index contributed by atoms with van der Waals surface area (Å²) in [5, 5.41) is 5.25. The normalized spacial score (nSPS) is 11.1. The molecule has 0 aliphatic heterocycles. The Morgan fingerprint density at radius 3 is 2.55 bits per heavy atom. The number of ether oxygens (including phenoxy) is 2. The van der Waals surface area contributed by atoms with Crippen molar-refractivity contribution in [2.24, 2.45) is 0 Å². The van der Waals surface area contributed by atoms with Crippen molar-refractivity contribution in [3.8, 4) is 22.6 Å². The van der Waals surface area contributed by atoms with Gasteiger partial charge in [-0.05, 0) is 29.2 Å². The first-order chi connectivity index (χ1) is 15.9. The molecule has 1 amide bonds. The number of anilines is 1. The fourth-order valence-corrected chi connectivity index (χ4v) is 4.49. The van der Waals surface area contributed by atoms with Gasteiger partial charge in [0, 0.05) is 17.0 Å². The van der Waals surface area contributed by atoms with E-state index in [0.29, 0.717) is 33.3 Å². The van der Waals surface area contributed by atoms with E-state index in [1.54, 1.807) is 25.3 Å².